The smallest absolute Gasteiger partial charge is 0.303 e. The van der Waals surface area contributed by atoms with Crippen LogP contribution in [0.5, 0.6) is 5.75 Å². The molecule has 1 amide bonds. The lowest BCUT2D eigenvalue weighted by Gasteiger charge is -2.18. The maximum atomic E-state index is 11.9. The largest absolute Gasteiger partial charge is 0.481 e. The lowest BCUT2D eigenvalue weighted by Crippen LogP contribution is -2.41. The lowest BCUT2D eigenvalue weighted by atomic mass is 10.2. The van der Waals surface area contributed by atoms with Crippen LogP contribution in [0.1, 0.15) is 26.7 Å². The van der Waals surface area contributed by atoms with Crippen molar-refractivity contribution in [2.45, 2.75) is 38.8 Å². The van der Waals surface area contributed by atoms with Crippen molar-refractivity contribution in [3.63, 3.8) is 0 Å². The number of nitrogens with one attached hydrogen (secondary N) is 1. The van der Waals surface area contributed by atoms with Crippen LogP contribution in [0.4, 0.5) is 0 Å². The highest BCUT2D eigenvalue weighted by atomic mass is 79.9. The molecule has 5 nitrogen and oxygen atoms in total. The Labute approximate surface area is 126 Å². The normalized spacial score (nSPS) is 13.3. The molecule has 1 aromatic carbocycles. The Kier molecular flexibility index (Phi) is 6.51. The first-order chi connectivity index (χ1) is 9.38. The summed E-state index contributed by atoms with van der Waals surface area (Å²) in [4.78, 5) is 22.3. The highest BCUT2D eigenvalue weighted by Crippen LogP contribution is 2.17. The van der Waals surface area contributed by atoms with Crippen molar-refractivity contribution >= 4 is 27.8 Å². The summed E-state index contributed by atoms with van der Waals surface area (Å²) in [5.41, 5.74) is 0. The summed E-state index contributed by atoms with van der Waals surface area (Å²) in [7, 11) is 0. The number of benzene rings is 1. The highest BCUT2D eigenvalue weighted by molar-refractivity contribution is 9.10. The summed E-state index contributed by atoms with van der Waals surface area (Å²) in [5, 5.41) is 11.3. The molecule has 0 aliphatic heterocycles. The van der Waals surface area contributed by atoms with Gasteiger partial charge >= 0.3 is 5.97 Å². The molecule has 2 N–H and O–H groups in total. The van der Waals surface area contributed by atoms with E-state index < -0.39 is 12.1 Å². The molecule has 110 valence electrons. The van der Waals surface area contributed by atoms with Crippen molar-refractivity contribution in [1.29, 1.82) is 0 Å². The Morgan fingerprint density at radius 1 is 1.30 bits per heavy atom. The molecule has 0 fully saturated rings. The van der Waals surface area contributed by atoms with Gasteiger partial charge in [0.25, 0.3) is 5.91 Å². The van der Waals surface area contributed by atoms with Gasteiger partial charge in [-0.05, 0) is 44.5 Å². The zero-order valence-electron chi connectivity index (χ0n) is 11.4. The van der Waals surface area contributed by atoms with Crippen LogP contribution in [0, 0.1) is 0 Å². The van der Waals surface area contributed by atoms with Crippen molar-refractivity contribution < 1.29 is 19.4 Å². The first-order valence-corrected chi connectivity index (χ1v) is 7.12. The number of aliphatic carboxylic acids is 1. The zero-order valence-corrected chi connectivity index (χ0v) is 13.0. The summed E-state index contributed by atoms with van der Waals surface area (Å²) in [5.74, 6) is -0.523. The monoisotopic (exact) mass is 343 g/mol. The number of carbonyl (C=O) groups is 2. The molecule has 0 radical (unpaired) electrons. The minimum absolute atomic E-state index is 0.0311. The maximum Gasteiger partial charge on any atom is 0.303 e. The predicted molar refractivity (Wildman–Crippen MR) is 78.7 cm³/mol. The average Bonchev–Trinajstić information content (AvgIpc) is 2.39. The molecule has 0 bridgehead atoms. The number of rotatable bonds is 7. The summed E-state index contributed by atoms with van der Waals surface area (Å²) < 4.78 is 6.44. The molecule has 1 rings (SSSR count). The van der Waals surface area contributed by atoms with E-state index in [0.29, 0.717) is 12.2 Å². The molecule has 0 spiro atoms. The van der Waals surface area contributed by atoms with Crippen molar-refractivity contribution in [3.05, 3.63) is 28.7 Å². The minimum Gasteiger partial charge on any atom is -0.481 e. The van der Waals surface area contributed by atoms with Crippen LogP contribution in [0.25, 0.3) is 0 Å². The molecular weight excluding hydrogens is 326 g/mol. The quantitative estimate of drug-likeness (QED) is 0.797. The second kappa shape index (κ2) is 7.89. The summed E-state index contributed by atoms with van der Waals surface area (Å²) in [6.45, 7) is 3.43. The van der Waals surface area contributed by atoms with Gasteiger partial charge in [-0.2, -0.15) is 0 Å². The Morgan fingerprint density at radius 3 is 2.45 bits per heavy atom. The van der Waals surface area contributed by atoms with E-state index in [0.717, 1.165) is 4.47 Å². The first kappa shape index (κ1) is 16.5. The third-order valence-electron chi connectivity index (χ3n) is 2.68. The molecule has 0 aromatic heterocycles. The Morgan fingerprint density at radius 2 is 1.90 bits per heavy atom. The lowest BCUT2D eigenvalue weighted by molar-refractivity contribution is -0.137. The van der Waals surface area contributed by atoms with Crippen LogP contribution in [0.3, 0.4) is 0 Å². The van der Waals surface area contributed by atoms with Gasteiger partial charge in [0.1, 0.15) is 5.75 Å². The van der Waals surface area contributed by atoms with Gasteiger partial charge < -0.3 is 15.2 Å². The fraction of sp³-hybridized carbons (Fsp3) is 0.429. The number of carboxylic acids is 1. The van der Waals surface area contributed by atoms with Gasteiger partial charge in [0.15, 0.2) is 6.10 Å². The standard InChI is InChI=1S/C14H18BrNO4/c1-9(3-8-13(17)18)16-14(19)10(2)20-12-6-4-11(15)5-7-12/h4-7,9-10H,3,8H2,1-2H3,(H,16,19)(H,17,18). The van der Waals surface area contributed by atoms with Gasteiger partial charge in [-0.3, -0.25) is 9.59 Å². The molecule has 0 saturated carbocycles. The molecule has 2 atom stereocenters. The summed E-state index contributed by atoms with van der Waals surface area (Å²) in [6, 6.07) is 6.99. The summed E-state index contributed by atoms with van der Waals surface area (Å²) >= 11 is 3.32. The highest BCUT2D eigenvalue weighted by Gasteiger charge is 2.17. The molecule has 1 aromatic rings. The molecule has 0 aliphatic rings. The third-order valence-corrected chi connectivity index (χ3v) is 3.20. The summed E-state index contributed by atoms with van der Waals surface area (Å²) in [6.07, 6.45) is -0.210. The van der Waals surface area contributed by atoms with Crippen LogP contribution in [0.15, 0.2) is 28.7 Å². The zero-order chi connectivity index (χ0) is 15.1. The first-order valence-electron chi connectivity index (χ1n) is 6.33. The Balaban J connectivity index is 2.42. The van der Waals surface area contributed by atoms with Gasteiger partial charge in [-0.25, -0.2) is 0 Å². The van der Waals surface area contributed by atoms with Gasteiger partial charge in [-0.15, -0.1) is 0 Å². The van der Waals surface area contributed by atoms with Crippen LogP contribution >= 0.6 is 15.9 Å². The molecular formula is C14H18BrNO4. The van der Waals surface area contributed by atoms with E-state index in [9.17, 15) is 9.59 Å². The second-order valence-corrected chi connectivity index (χ2v) is 5.47. The minimum atomic E-state index is -0.870. The van der Waals surface area contributed by atoms with Gasteiger partial charge in [0, 0.05) is 16.9 Å². The van der Waals surface area contributed by atoms with Gasteiger partial charge in [0.2, 0.25) is 0 Å². The number of carbonyl (C=O) groups excluding carboxylic acids is 1. The van der Waals surface area contributed by atoms with Gasteiger partial charge in [-0.1, -0.05) is 15.9 Å². The van der Waals surface area contributed by atoms with Crippen LogP contribution < -0.4 is 10.1 Å². The Hall–Kier alpha value is -1.56. The number of carboxylic acid groups (broad SMARTS) is 1. The van der Waals surface area contributed by atoms with E-state index in [-0.39, 0.29) is 18.4 Å². The van der Waals surface area contributed by atoms with Crippen LogP contribution in [-0.2, 0) is 9.59 Å². The molecule has 2 unspecified atom stereocenters. The number of halogens is 1. The second-order valence-electron chi connectivity index (χ2n) is 4.56. The van der Waals surface area contributed by atoms with Crippen molar-refractivity contribution in [1.82, 2.24) is 5.32 Å². The van der Waals surface area contributed by atoms with Crippen molar-refractivity contribution in [3.8, 4) is 5.75 Å². The van der Waals surface area contributed by atoms with Crippen LogP contribution in [-0.4, -0.2) is 29.1 Å². The number of ether oxygens (including phenoxy) is 1. The van der Waals surface area contributed by atoms with E-state index in [1.807, 2.05) is 12.1 Å². The fourth-order valence-electron chi connectivity index (χ4n) is 1.54. The maximum absolute atomic E-state index is 11.9. The number of hydrogen-bond acceptors (Lipinski definition) is 3. The topological polar surface area (TPSA) is 75.6 Å². The number of amides is 1. The van der Waals surface area contributed by atoms with E-state index >= 15 is 0 Å². The molecule has 0 heterocycles. The molecule has 20 heavy (non-hydrogen) atoms. The average molecular weight is 344 g/mol. The van der Waals surface area contributed by atoms with Crippen molar-refractivity contribution in [2.75, 3.05) is 0 Å². The van der Waals surface area contributed by atoms with E-state index in [2.05, 4.69) is 21.2 Å². The van der Waals surface area contributed by atoms with E-state index in [4.69, 9.17) is 9.84 Å². The molecule has 6 heteroatoms. The molecule has 0 saturated heterocycles. The predicted octanol–water partition coefficient (Wildman–Crippen LogP) is 2.59. The Bertz CT molecular complexity index is 461. The van der Waals surface area contributed by atoms with Gasteiger partial charge in [0.05, 0.1) is 0 Å². The van der Waals surface area contributed by atoms with E-state index in [1.165, 1.54) is 0 Å². The SMILES string of the molecule is CC(CCC(=O)O)NC(=O)C(C)Oc1ccc(Br)cc1. The van der Waals surface area contributed by atoms with Crippen LogP contribution in [0.2, 0.25) is 0 Å². The fourth-order valence-corrected chi connectivity index (χ4v) is 1.81. The van der Waals surface area contributed by atoms with Crippen molar-refractivity contribution in [2.24, 2.45) is 0 Å². The number of hydrogen-bond donors (Lipinski definition) is 2. The van der Waals surface area contributed by atoms with E-state index in [1.54, 1.807) is 26.0 Å². The molecule has 0 aliphatic carbocycles. The third kappa shape index (κ3) is 6.06.